The zero-order valence-electron chi connectivity index (χ0n) is 17.5. The Morgan fingerprint density at radius 3 is 2.47 bits per heavy atom. The summed E-state index contributed by atoms with van der Waals surface area (Å²) in [6.45, 7) is 2.19. The molecule has 2 aromatic carbocycles. The second-order valence-corrected chi connectivity index (χ2v) is 7.04. The number of hydrogen-bond donors (Lipinski definition) is 1. The van der Waals surface area contributed by atoms with E-state index in [1.54, 1.807) is 33.5 Å². The van der Waals surface area contributed by atoms with Crippen molar-refractivity contribution in [2.24, 2.45) is 0 Å². The maximum absolute atomic E-state index is 14.3. The van der Waals surface area contributed by atoms with E-state index in [4.69, 9.17) is 18.9 Å². The molecule has 1 unspecified atom stereocenters. The number of fused-ring (bicyclic) bond motifs is 1. The Morgan fingerprint density at radius 1 is 0.967 bits per heavy atom. The molecule has 3 aromatic rings. The number of halogens is 1. The van der Waals surface area contributed by atoms with Crippen molar-refractivity contribution in [3.8, 4) is 5.75 Å². The van der Waals surface area contributed by atoms with Gasteiger partial charge in [-0.1, -0.05) is 6.07 Å². The molecule has 0 aliphatic carbocycles. The van der Waals surface area contributed by atoms with Gasteiger partial charge in [0.05, 0.1) is 6.61 Å². The molecule has 7 heteroatoms. The zero-order chi connectivity index (χ0) is 21.7. The molecule has 0 amide bonds. The number of hydrogen-bond acceptors (Lipinski definition) is 5. The Bertz CT molecular complexity index is 1050. The fourth-order valence-electron chi connectivity index (χ4n) is 3.46. The van der Waals surface area contributed by atoms with Crippen LogP contribution in [-0.2, 0) is 14.2 Å². The standard InChI is InChI=1S/C23H26FNO5/c1-14(15-5-7-20-16(9-15)6-8-22(26)25-20)30-19-11-17(10-18(24)12-19)23(29-4)21(28-3)13-27-2/h5-12,14,21,23H,13H2,1-4H3,(H,25,26)/t14?,21-,23+/m1/s1. The molecule has 3 rings (SSSR count). The van der Waals surface area contributed by atoms with E-state index < -0.39 is 18.0 Å². The average molecular weight is 415 g/mol. The third-order valence-electron chi connectivity index (χ3n) is 4.98. The predicted octanol–water partition coefficient (Wildman–Crippen LogP) is 4.16. The minimum Gasteiger partial charge on any atom is -0.486 e. The molecule has 0 radical (unpaired) electrons. The number of methoxy groups -OCH3 is 3. The quantitative estimate of drug-likeness (QED) is 0.568. The molecule has 30 heavy (non-hydrogen) atoms. The fraction of sp³-hybridized carbons (Fsp3) is 0.348. The highest BCUT2D eigenvalue weighted by Crippen LogP contribution is 2.30. The largest absolute Gasteiger partial charge is 0.486 e. The van der Waals surface area contributed by atoms with E-state index in [-0.39, 0.29) is 11.7 Å². The molecule has 0 saturated carbocycles. The van der Waals surface area contributed by atoms with Crippen LogP contribution in [0.4, 0.5) is 4.39 Å². The first-order valence-electron chi connectivity index (χ1n) is 9.59. The van der Waals surface area contributed by atoms with Crippen LogP contribution in [0.2, 0.25) is 0 Å². The third kappa shape index (κ3) is 5.05. The highest BCUT2D eigenvalue weighted by molar-refractivity contribution is 5.79. The Morgan fingerprint density at radius 2 is 1.77 bits per heavy atom. The second-order valence-electron chi connectivity index (χ2n) is 7.04. The van der Waals surface area contributed by atoms with Gasteiger partial charge in [0.25, 0.3) is 0 Å². The van der Waals surface area contributed by atoms with Gasteiger partial charge in [0, 0.05) is 39.0 Å². The van der Waals surface area contributed by atoms with Crippen molar-refractivity contribution in [2.45, 2.75) is 25.2 Å². The molecule has 0 spiro atoms. The monoisotopic (exact) mass is 415 g/mol. The summed E-state index contributed by atoms with van der Waals surface area (Å²) in [5.74, 6) is -0.0477. The normalized spacial score (nSPS) is 14.4. The van der Waals surface area contributed by atoms with Gasteiger partial charge < -0.3 is 23.9 Å². The topological polar surface area (TPSA) is 69.8 Å². The van der Waals surface area contributed by atoms with Crippen molar-refractivity contribution in [3.63, 3.8) is 0 Å². The first-order chi connectivity index (χ1) is 14.4. The number of rotatable bonds is 9. The molecule has 0 aliphatic heterocycles. The van der Waals surface area contributed by atoms with Gasteiger partial charge in [-0.2, -0.15) is 0 Å². The fourth-order valence-corrected chi connectivity index (χ4v) is 3.46. The van der Waals surface area contributed by atoms with Crippen LogP contribution in [0.5, 0.6) is 5.75 Å². The van der Waals surface area contributed by atoms with E-state index in [1.165, 1.54) is 18.2 Å². The molecule has 1 heterocycles. The van der Waals surface area contributed by atoms with Crippen molar-refractivity contribution in [2.75, 3.05) is 27.9 Å². The summed E-state index contributed by atoms with van der Waals surface area (Å²) >= 11 is 0. The van der Waals surface area contributed by atoms with Crippen LogP contribution < -0.4 is 10.3 Å². The number of benzene rings is 2. The third-order valence-corrected chi connectivity index (χ3v) is 4.98. The van der Waals surface area contributed by atoms with Crippen LogP contribution in [0.25, 0.3) is 10.9 Å². The van der Waals surface area contributed by atoms with Gasteiger partial charge in [-0.05, 0) is 53.8 Å². The Labute approximate surface area is 174 Å². The summed E-state index contributed by atoms with van der Waals surface area (Å²) in [6, 6.07) is 13.4. The second kappa shape index (κ2) is 9.84. The van der Waals surface area contributed by atoms with Crippen LogP contribution in [0, 0.1) is 5.82 Å². The molecule has 0 saturated heterocycles. The van der Waals surface area contributed by atoms with Gasteiger partial charge in [0.1, 0.15) is 29.9 Å². The van der Waals surface area contributed by atoms with Crippen LogP contribution in [0.15, 0.2) is 53.3 Å². The number of nitrogens with one attached hydrogen (secondary N) is 1. The summed E-state index contributed by atoms with van der Waals surface area (Å²) in [5.41, 5.74) is 2.10. The van der Waals surface area contributed by atoms with Gasteiger partial charge in [-0.3, -0.25) is 4.79 Å². The zero-order valence-corrected chi connectivity index (χ0v) is 17.5. The summed E-state index contributed by atoms with van der Waals surface area (Å²) < 4.78 is 36.5. The smallest absolute Gasteiger partial charge is 0.248 e. The van der Waals surface area contributed by atoms with Crippen molar-refractivity contribution >= 4 is 10.9 Å². The predicted molar refractivity (Wildman–Crippen MR) is 112 cm³/mol. The van der Waals surface area contributed by atoms with E-state index in [1.807, 2.05) is 25.1 Å². The molecular weight excluding hydrogens is 389 g/mol. The van der Waals surface area contributed by atoms with E-state index >= 15 is 0 Å². The number of pyridine rings is 1. The number of aromatic amines is 1. The first kappa shape index (κ1) is 22.0. The van der Waals surface area contributed by atoms with E-state index in [9.17, 15) is 9.18 Å². The van der Waals surface area contributed by atoms with Crippen molar-refractivity contribution in [3.05, 3.63) is 75.8 Å². The lowest BCUT2D eigenvalue weighted by atomic mass is 10.0. The highest BCUT2D eigenvalue weighted by atomic mass is 19.1. The number of H-pyrrole nitrogens is 1. The van der Waals surface area contributed by atoms with Crippen molar-refractivity contribution < 1.29 is 23.3 Å². The Hall–Kier alpha value is -2.74. The molecule has 1 aromatic heterocycles. The number of aromatic nitrogens is 1. The Balaban J connectivity index is 1.85. The minimum absolute atomic E-state index is 0.151. The summed E-state index contributed by atoms with van der Waals surface area (Å²) in [7, 11) is 4.67. The first-order valence-corrected chi connectivity index (χ1v) is 9.59. The lowest BCUT2D eigenvalue weighted by molar-refractivity contribution is -0.0698. The average Bonchev–Trinajstić information content (AvgIpc) is 2.72. The minimum atomic E-state index is -0.513. The summed E-state index contributed by atoms with van der Waals surface area (Å²) in [5, 5.41) is 0.893. The lowest BCUT2D eigenvalue weighted by Gasteiger charge is -2.25. The van der Waals surface area contributed by atoms with Crippen molar-refractivity contribution in [1.82, 2.24) is 4.98 Å². The maximum Gasteiger partial charge on any atom is 0.248 e. The van der Waals surface area contributed by atoms with E-state index in [0.717, 1.165) is 16.5 Å². The van der Waals surface area contributed by atoms with Gasteiger partial charge in [-0.15, -0.1) is 0 Å². The van der Waals surface area contributed by atoms with Gasteiger partial charge in [0.15, 0.2) is 0 Å². The SMILES string of the molecule is COC[C@@H](OC)[C@@H](OC)c1cc(F)cc(OC(C)c2ccc3[nH]c(=O)ccc3c2)c1. The molecule has 1 N–H and O–H groups in total. The van der Waals surface area contributed by atoms with Gasteiger partial charge >= 0.3 is 0 Å². The van der Waals surface area contributed by atoms with Crippen LogP contribution in [0.1, 0.15) is 30.3 Å². The lowest BCUT2D eigenvalue weighted by Crippen LogP contribution is -2.27. The highest BCUT2D eigenvalue weighted by Gasteiger charge is 2.24. The van der Waals surface area contributed by atoms with Gasteiger partial charge in [-0.25, -0.2) is 4.39 Å². The molecule has 160 valence electrons. The maximum atomic E-state index is 14.3. The van der Waals surface area contributed by atoms with Crippen molar-refractivity contribution in [1.29, 1.82) is 0 Å². The Kier molecular flexibility index (Phi) is 7.20. The molecule has 3 atom stereocenters. The molecule has 6 nitrogen and oxygen atoms in total. The number of ether oxygens (including phenoxy) is 4. The molecule has 0 aliphatic rings. The summed E-state index contributed by atoms with van der Waals surface area (Å²) in [4.78, 5) is 14.2. The van der Waals surface area contributed by atoms with Crippen LogP contribution in [0.3, 0.4) is 0 Å². The molecule has 0 fully saturated rings. The van der Waals surface area contributed by atoms with Gasteiger partial charge in [0.2, 0.25) is 5.56 Å². The van der Waals surface area contributed by atoms with E-state index in [0.29, 0.717) is 17.9 Å². The van der Waals surface area contributed by atoms with Crippen LogP contribution >= 0.6 is 0 Å². The van der Waals surface area contributed by atoms with E-state index in [2.05, 4.69) is 4.98 Å². The molecule has 0 bridgehead atoms. The molecular formula is C23H26FNO5. The summed E-state index contributed by atoms with van der Waals surface area (Å²) in [6.07, 6.45) is -1.25. The van der Waals surface area contributed by atoms with Crippen LogP contribution in [-0.4, -0.2) is 39.0 Å².